The van der Waals surface area contributed by atoms with Crippen molar-refractivity contribution in [3.8, 4) is 5.75 Å². The summed E-state index contributed by atoms with van der Waals surface area (Å²) in [6, 6.07) is 5.03. The molecule has 0 radical (unpaired) electrons. The maximum atomic E-state index is 12.4. The molecule has 0 spiro atoms. The number of urea groups is 1. The van der Waals surface area contributed by atoms with E-state index in [0.29, 0.717) is 18.7 Å². The summed E-state index contributed by atoms with van der Waals surface area (Å²) in [7, 11) is -5.06. The van der Waals surface area contributed by atoms with Gasteiger partial charge in [-0.15, -0.1) is 0 Å². The second-order valence-corrected chi connectivity index (χ2v) is 5.89. The number of nitrogens with zero attached hydrogens (tertiary/aromatic N) is 1. The lowest BCUT2D eigenvalue weighted by atomic mass is 10.1. The van der Waals surface area contributed by atoms with E-state index in [1.54, 1.807) is 4.90 Å². The molecule has 1 fully saturated rings. The number of carbonyl (C=O) groups is 1. The van der Waals surface area contributed by atoms with Gasteiger partial charge in [-0.25, -0.2) is 4.79 Å². The van der Waals surface area contributed by atoms with Crippen LogP contribution in [0.15, 0.2) is 24.3 Å². The highest BCUT2D eigenvalue weighted by atomic mass is 32.3. The molecule has 1 atom stereocenters. The van der Waals surface area contributed by atoms with E-state index in [1.165, 1.54) is 24.3 Å². The van der Waals surface area contributed by atoms with E-state index in [1.807, 2.05) is 0 Å². The standard InChI is InChI=1S/C13H17FN2O5S/c14-22(19,20)21-12-5-3-10(4-6-12)15-13(18)16-8-1-2-11(16)7-9-17/h3-6,11,17H,1-2,7-9H2,(H,15,18). The van der Waals surface area contributed by atoms with E-state index in [0.717, 1.165) is 12.8 Å². The van der Waals surface area contributed by atoms with Gasteiger partial charge in [0.1, 0.15) is 5.75 Å². The number of benzene rings is 1. The zero-order valence-corrected chi connectivity index (χ0v) is 12.6. The third-order valence-electron chi connectivity index (χ3n) is 3.40. The van der Waals surface area contributed by atoms with Gasteiger partial charge in [0.15, 0.2) is 0 Å². The van der Waals surface area contributed by atoms with Crippen LogP contribution in [0, 0.1) is 0 Å². The summed E-state index contributed by atoms with van der Waals surface area (Å²) in [5, 5.41) is 11.7. The first-order chi connectivity index (χ1) is 10.4. The van der Waals surface area contributed by atoms with Gasteiger partial charge in [-0.05, 0) is 43.5 Å². The molecule has 1 aliphatic heterocycles. The summed E-state index contributed by atoms with van der Waals surface area (Å²) in [6.45, 7) is 0.649. The molecule has 0 saturated carbocycles. The molecular formula is C13H17FN2O5S. The van der Waals surface area contributed by atoms with Gasteiger partial charge in [0.05, 0.1) is 0 Å². The summed E-state index contributed by atoms with van der Waals surface area (Å²) >= 11 is 0. The lowest BCUT2D eigenvalue weighted by Gasteiger charge is -2.24. The lowest BCUT2D eigenvalue weighted by molar-refractivity contribution is 0.189. The van der Waals surface area contributed by atoms with Crippen molar-refractivity contribution in [2.24, 2.45) is 0 Å². The van der Waals surface area contributed by atoms with Crippen LogP contribution in [-0.2, 0) is 10.5 Å². The van der Waals surface area contributed by atoms with Crippen molar-refractivity contribution in [3.63, 3.8) is 0 Å². The maximum Gasteiger partial charge on any atom is 0.488 e. The van der Waals surface area contributed by atoms with E-state index in [4.69, 9.17) is 5.11 Å². The first-order valence-electron chi connectivity index (χ1n) is 6.81. The van der Waals surface area contributed by atoms with Crippen LogP contribution in [0.2, 0.25) is 0 Å². The van der Waals surface area contributed by atoms with Crippen LogP contribution in [0.5, 0.6) is 5.75 Å². The minimum absolute atomic E-state index is 0.0179. The van der Waals surface area contributed by atoms with E-state index in [-0.39, 0.29) is 24.4 Å². The first kappa shape index (κ1) is 16.5. The van der Waals surface area contributed by atoms with Gasteiger partial charge in [-0.1, -0.05) is 3.89 Å². The fourth-order valence-corrected chi connectivity index (χ4v) is 2.80. The van der Waals surface area contributed by atoms with Gasteiger partial charge in [0.2, 0.25) is 0 Å². The van der Waals surface area contributed by atoms with Gasteiger partial charge >= 0.3 is 16.5 Å². The Morgan fingerprint density at radius 1 is 1.41 bits per heavy atom. The monoisotopic (exact) mass is 332 g/mol. The van der Waals surface area contributed by atoms with Gasteiger partial charge in [0, 0.05) is 24.9 Å². The van der Waals surface area contributed by atoms with E-state index in [9.17, 15) is 17.1 Å². The minimum atomic E-state index is -5.06. The van der Waals surface area contributed by atoms with Gasteiger partial charge in [-0.2, -0.15) is 8.42 Å². The molecule has 1 saturated heterocycles. The fraction of sp³-hybridized carbons (Fsp3) is 0.462. The molecule has 9 heteroatoms. The summed E-state index contributed by atoms with van der Waals surface area (Å²) in [5.41, 5.74) is 0.434. The van der Waals surface area contributed by atoms with Crippen molar-refractivity contribution < 1.29 is 26.4 Å². The highest BCUT2D eigenvalue weighted by molar-refractivity contribution is 7.81. The zero-order chi connectivity index (χ0) is 16.2. The molecule has 7 nitrogen and oxygen atoms in total. The predicted molar refractivity (Wildman–Crippen MR) is 77.5 cm³/mol. The number of rotatable bonds is 5. The molecule has 1 aromatic carbocycles. The molecular weight excluding hydrogens is 315 g/mol. The summed E-state index contributed by atoms with van der Waals surface area (Å²) in [6.07, 6.45) is 2.28. The number of halogens is 1. The number of nitrogens with one attached hydrogen (secondary N) is 1. The van der Waals surface area contributed by atoms with Gasteiger partial charge in [0.25, 0.3) is 0 Å². The average molecular weight is 332 g/mol. The minimum Gasteiger partial charge on any atom is -0.396 e. The van der Waals surface area contributed by atoms with Crippen molar-refractivity contribution in [2.75, 3.05) is 18.5 Å². The second-order valence-electron chi connectivity index (χ2n) is 4.93. The molecule has 22 heavy (non-hydrogen) atoms. The molecule has 1 heterocycles. The largest absolute Gasteiger partial charge is 0.488 e. The number of amides is 2. The van der Waals surface area contributed by atoms with Gasteiger partial charge in [-0.3, -0.25) is 0 Å². The van der Waals surface area contributed by atoms with Crippen LogP contribution >= 0.6 is 0 Å². The molecule has 2 N–H and O–H groups in total. The Balaban J connectivity index is 1.97. The number of anilines is 1. The summed E-state index contributed by atoms with van der Waals surface area (Å²) < 4.78 is 37.1. The van der Waals surface area contributed by atoms with Crippen LogP contribution in [0.25, 0.3) is 0 Å². The van der Waals surface area contributed by atoms with Crippen molar-refractivity contribution >= 4 is 22.2 Å². The average Bonchev–Trinajstić information content (AvgIpc) is 2.88. The van der Waals surface area contributed by atoms with Crippen molar-refractivity contribution in [2.45, 2.75) is 25.3 Å². The molecule has 1 aliphatic rings. The number of likely N-dealkylation sites (tertiary alicyclic amines) is 1. The maximum absolute atomic E-state index is 12.4. The number of aliphatic hydroxyl groups is 1. The van der Waals surface area contributed by atoms with Crippen LogP contribution in [0.3, 0.4) is 0 Å². The second kappa shape index (κ2) is 6.93. The number of hydrogen-bond acceptors (Lipinski definition) is 5. The Bertz CT molecular complexity index is 620. The molecule has 1 aromatic rings. The van der Waals surface area contributed by atoms with Crippen LogP contribution in [0.1, 0.15) is 19.3 Å². The van der Waals surface area contributed by atoms with E-state index < -0.39 is 10.5 Å². The number of carbonyl (C=O) groups excluding carboxylic acids is 1. The molecule has 0 aromatic heterocycles. The predicted octanol–water partition coefficient (Wildman–Crippen LogP) is 1.66. The van der Waals surface area contributed by atoms with E-state index >= 15 is 0 Å². The van der Waals surface area contributed by atoms with Crippen LogP contribution < -0.4 is 9.50 Å². The third-order valence-corrected chi connectivity index (χ3v) is 3.79. The number of aliphatic hydroxyl groups excluding tert-OH is 1. The zero-order valence-electron chi connectivity index (χ0n) is 11.7. The Hall–Kier alpha value is -1.87. The molecule has 2 rings (SSSR count). The Labute approximate surface area is 128 Å². The molecule has 2 amide bonds. The quantitative estimate of drug-likeness (QED) is 0.800. The topological polar surface area (TPSA) is 95.9 Å². The third kappa shape index (κ3) is 4.57. The summed E-state index contributed by atoms with van der Waals surface area (Å²) in [5.74, 6) is -0.181. The summed E-state index contributed by atoms with van der Waals surface area (Å²) in [4.78, 5) is 13.8. The molecule has 0 bridgehead atoms. The first-order valence-corrected chi connectivity index (χ1v) is 8.12. The van der Waals surface area contributed by atoms with Crippen molar-refractivity contribution in [1.29, 1.82) is 0 Å². The van der Waals surface area contributed by atoms with Crippen molar-refractivity contribution in [1.82, 2.24) is 4.90 Å². The Morgan fingerprint density at radius 2 is 2.09 bits per heavy atom. The fourth-order valence-electron chi connectivity index (χ4n) is 2.46. The SMILES string of the molecule is O=C(Nc1ccc(OS(=O)(=O)F)cc1)N1CCCC1CCO. The Morgan fingerprint density at radius 3 is 2.68 bits per heavy atom. The van der Waals surface area contributed by atoms with Crippen molar-refractivity contribution in [3.05, 3.63) is 24.3 Å². The highest BCUT2D eigenvalue weighted by Gasteiger charge is 2.28. The highest BCUT2D eigenvalue weighted by Crippen LogP contribution is 2.22. The smallest absolute Gasteiger partial charge is 0.396 e. The molecule has 0 aliphatic carbocycles. The van der Waals surface area contributed by atoms with Crippen LogP contribution in [-0.4, -0.2) is 43.6 Å². The molecule has 1 unspecified atom stereocenters. The molecule has 122 valence electrons. The van der Waals surface area contributed by atoms with Crippen LogP contribution in [0.4, 0.5) is 14.4 Å². The van der Waals surface area contributed by atoms with E-state index in [2.05, 4.69) is 9.50 Å². The Kier molecular flexibility index (Phi) is 5.19. The van der Waals surface area contributed by atoms with Gasteiger partial charge < -0.3 is 19.5 Å². The normalized spacial score (nSPS) is 18.3. The number of hydrogen-bond donors (Lipinski definition) is 2. The lowest BCUT2D eigenvalue weighted by Crippen LogP contribution is -2.39.